The highest BCUT2D eigenvalue weighted by atomic mass is 35.5. The van der Waals surface area contributed by atoms with E-state index in [4.69, 9.17) is 16.2 Å². The van der Waals surface area contributed by atoms with Crippen molar-refractivity contribution < 1.29 is 13.0 Å². The van der Waals surface area contributed by atoms with Crippen LogP contribution in [0.2, 0.25) is 5.02 Å². The van der Waals surface area contributed by atoms with Crippen molar-refractivity contribution in [2.24, 2.45) is 5.92 Å². The van der Waals surface area contributed by atoms with Gasteiger partial charge in [-0.3, -0.25) is 29.0 Å². The zero-order valence-corrected chi connectivity index (χ0v) is 18.9. The van der Waals surface area contributed by atoms with Gasteiger partial charge in [0.1, 0.15) is 10.9 Å². The van der Waals surface area contributed by atoms with Crippen LogP contribution in [0.4, 0.5) is 0 Å². The molecule has 3 heterocycles. The fourth-order valence-corrected chi connectivity index (χ4v) is 3.89. The van der Waals surface area contributed by atoms with E-state index in [0.717, 1.165) is 12.8 Å². The van der Waals surface area contributed by atoms with Gasteiger partial charge in [0.15, 0.2) is 0 Å². The molecule has 0 bridgehead atoms. The number of halogens is 1. The highest BCUT2D eigenvalue weighted by molar-refractivity contribution is 7.85. The lowest BCUT2D eigenvalue weighted by atomic mass is 10.1. The van der Waals surface area contributed by atoms with Gasteiger partial charge in [-0.15, -0.1) is 0 Å². The second-order valence-electron chi connectivity index (χ2n) is 7.78. The molecular formula is C21H19ClN4O6S. The predicted molar refractivity (Wildman–Crippen MR) is 125 cm³/mol. The third-order valence-electron chi connectivity index (χ3n) is 5.18. The van der Waals surface area contributed by atoms with Gasteiger partial charge in [0.05, 0.1) is 23.5 Å². The Morgan fingerprint density at radius 3 is 2.48 bits per heavy atom. The van der Waals surface area contributed by atoms with Crippen LogP contribution >= 0.6 is 11.6 Å². The number of fused-ring (bicyclic) bond motifs is 2. The summed E-state index contributed by atoms with van der Waals surface area (Å²) in [6.07, 6.45) is 4.23. The number of hydrogen-bond donors (Lipinski definition) is 3. The smallest absolute Gasteiger partial charge is 0.287 e. The number of rotatable bonds is 3. The van der Waals surface area contributed by atoms with Crippen LogP contribution in [0.15, 0.2) is 57.0 Å². The lowest BCUT2D eigenvalue weighted by Crippen LogP contribution is -2.37. The largest absolute Gasteiger partial charge is 0.350 e. The van der Waals surface area contributed by atoms with Gasteiger partial charge in [0, 0.05) is 16.6 Å². The van der Waals surface area contributed by atoms with Crippen LogP contribution in [0.1, 0.15) is 24.6 Å². The molecule has 1 aliphatic rings. The molecule has 1 aromatic carbocycles. The van der Waals surface area contributed by atoms with E-state index < -0.39 is 32.7 Å². The monoisotopic (exact) mass is 490 g/mol. The number of benzene rings is 1. The number of H-pyrrole nitrogens is 2. The fourth-order valence-electron chi connectivity index (χ4n) is 3.72. The fraction of sp³-hybridized carbons (Fsp3) is 0.238. The van der Waals surface area contributed by atoms with E-state index in [1.807, 2.05) is 12.1 Å². The highest BCUT2D eigenvalue weighted by Crippen LogP contribution is 2.41. The van der Waals surface area contributed by atoms with E-state index >= 15 is 0 Å². The molecule has 0 radical (unpaired) electrons. The molecule has 1 atom stereocenters. The summed E-state index contributed by atoms with van der Waals surface area (Å²) < 4.78 is 27.1. The first kappa shape index (κ1) is 22.9. The topological polar surface area (TPSA) is 155 Å². The summed E-state index contributed by atoms with van der Waals surface area (Å²) in [5.41, 5.74) is -0.495. The summed E-state index contributed by atoms with van der Waals surface area (Å²) in [4.78, 5) is 46.3. The van der Waals surface area contributed by atoms with Gasteiger partial charge in [0.25, 0.3) is 21.2 Å². The summed E-state index contributed by atoms with van der Waals surface area (Å²) in [6.45, 7) is 0. The molecule has 5 rings (SSSR count). The summed E-state index contributed by atoms with van der Waals surface area (Å²) in [5, 5.41) is 3.24. The number of nitrogens with zero attached hydrogens (tertiary/aromatic N) is 2. The van der Waals surface area contributed by atoms with Crippen LogP contribution in [-0.4, -0.2) is 39.0 Å². The number of aromatic nitrogens is 4. The standard InChI is InChI=1S/C20H15ClN4O3.CH4O3S/c21-11-6-7-12-14(9-11)23-16-15(18(12)26)20(28)25(24-19(16)27)17(10-4-5-10)13-3-1-2-8-22-13;1-5(2,3)4/h1-3,6-10,17H,4-5H2,(H,23,26)(H,24,27);1H3,(H,2,3,4). The first-order valence-electron chi connectivity index (χ1n) is 9.88. The maximum Gasteiger partial charge on any atom is 0.287 e. The molecule has 33 heavy (non-hydrogen) atoms. The van der Waals surface area contributed by atoms with Gasteiger partial charge >= 0.3 is 0 Å². The third kappa shape index (κ3) is 4.90. The van der Waals surface area contributed by atoms with Gasteiger partial charge in [-0.25, -0.2) is 4.68 Å². The molecule has 0 amide bonds. The second kappa shape index (κ2) is 8.58. The molecule has 4 aromatic rings. The van der Waals surface area contributed by atoms with Gasteiger partial charge in [-0.1, -0.05) is 17.7 Å². The molecule has 0 spiro atoms. The van der Waals surface area contributed by atoms with Crippen molar-refractivity contribution in [3.63, 3.8) is 0 Å². The summed E-state index contributed by atoms with van der Waals surface area (Å²) in [7, 11) is -3.67. The highest BCUT2D eigenvalue weighted by Gasteiger charge is 2.36. The lowest BCUT2D eigenvalue weighted by Gasteiger charge is -2.19. The molecule has 10 nitrogen and oxygen atoms in total. The minimum absolute atomic E-state index is 0.0448. The van der Waals surface area contributed by atoms with Crippen molar-refractivity contribution >= 4 is 43.5 Å². The number of hydrogen-bond acceptors (Lipinski definition) is 6. The molecule has 172 valence electrons. The zero-order valence-electron chi connectivity index (χ0n) is 17.3. The molecular weight excluding hydrogens is 472 g/mol. The zero-order chi connectivity index (χ0) is 23.9. The molecule has 0 saturated heterocycles. The minimum Gasteiger partial charge on any atom is -0.350 e. The van der Waals surface area contributed by atoms with Crippen molar-refractivity contribution in [3.05, 3.63) is 84.2 Å². The molecule has 1 fully saturated rings. The second-order valence-corrected chi connectivity index (χ2v) is 9.68. The Bertz CT molecular complexity index is 1630. The van der Waals surface area contributed by atoms with E-state index in [2.05, 4.69) is 15.1 Å². The maximum atomic E-state index is 13.3. The Balaban J connectivity index is 0.000000471. The molecule has 1 unspecified atom stereocenters. The molecule has 3 aromatic heterocycles. The Morgan fingerprint density at radius 1 is 1.18 bits per heavy atom. The van der Waals surface area contributed by atoms with E-state index in [0.29, 0.717) is 27.9 Å². The van der Waals surface area contributed by atoms with Crippen LogP contribution in [-0.2, 0) is 10.1 Å². The van der Waals surface area contributed by atoms with E-state index in [1.54, 1.807) is 30.5 Å². The summed E-state index contributed by atoms with van der Waals surface area (Å²) in [6, 6.07) is 9.74. The Labute approximate surface area is 191 Å². The first-order valence-corrected chi connectivity index (χ1v) is 12.1. The molecule has 0 aliphatic heterocycles. The van der Waals surface area contributed by atoms with E-state index in [-0.39, 0.29) is 16.8 Å². The van der Waals surface area contributed by atoms with Gasteiger partial charge in [0.2, 0.25) is 5.43 Å². The van der Waals surface area contributed by atoms with Crippen molar-refractivity contribution in [1.29, 1.82) is 0 Å². The Hall–Kier alpha value is -3.28. The van der Waals surface area contributed by atoms with Crippen molar-refractivity contribution in [1.82, 2.24) is 19.7 Å². The quantitative estimate of drug-likeness (QED) is 0.293. The maximum absolute atomic E-state index is 13.3. The van der Waals surface area contributed by atoms with Crippen molar-refractivity contribution in [2.75, 3.05) is 6.26 Å². The SMILES string of the molecule is CS(=O)(=O)O.O=c1[nH]n(C(c2ccccn2)C2CC2)c(=O)c2c(=O)c3ccc(Cl)cc3[nH]c12. The Morgan fingerprint density at radius 2 is 1.88 bits per heavy atom. The third-order valence-corrected chi connectivity index (χ3v) is 5.42. The summed E-state index contributed by atoms with van der Waals surface area (Å²) >= 11 is 5.99. The number of pyridine rings is 2. The van der Waals surface area contributed by atoms with Gasteiger partial charge in [-0.2, -0.15) is 8.42 Å². The van der Waals surface area contributed by atoms with Gasteiger partial charge < -0.3 is 4.98 Å². The van der Waals surface area contributed by atoms with Crippen molar-refractivity contribution in [3.8, 4) is 0 Å². The van der Waals surface area contributed by atoms with E-state index in [1.165, 1.54) is 4.68 Å². The average Bonchev–Trinajstić information content (AvgIpc) is 3.56. The molecule has 12 heteroatoms. The molecule has 1 saturated carbocycles. The number of nitrogens with one attached hydrogen (secondary N) is 2. The van der Waals surface area contributed by atoms with Crippen LogP contribution in [0.3, 0.4) is 0 Å². The Kier molecular flexibility index (Phi) is 5.95. The first-order chi connectivity index (χ1) is 15.5. The van der Waals surface area contributed by atoms with Crippen LogP contribution < -0.4 is 16.5 Å². The van der Waals surface area contributed by atoms with Crippen LogP contribution in [0.25, 0.3) is 21.8 Å². The predicted octanol–water partition coefficient (Wildman–Crippen LogP) is 2.08. The van der Waals surface area contributed by atoms with Crippen LogP contribution in [0.5, 0.6) is 0 Å². The van der Waals surface area contributed by atoms with E-state index in [9.17, 15) is 22.8 Å². The van der Waals surface area contributed by atoms with Gasteiger partial charge in [-0.05, 0) is 49.1 Å². The lowest BCUT2D eigenvalue weighted by molar-refractivity contribution is 0.438. The number of aromatic amines is 2. The van der Waals surface area contributed by atoms with Crippen molar-refractivity contribution in [2.45, 2.75) is 18.9 Å². The normalized spacial score (nSPS) is 14.6. The average molecular weight is 491 g/mol. The van der Waals surface area contributed by atoms with Crippen LogP contribution in [0, 0.1) is 5.92 Å². The molecule has 3 N–H and O–H groups in total. The summed E-state index contributed by atoms with van der Waals surface area (Å²) in [5.74, 6) is 0.194. The minimum atomic E-state index is -3.67. The molecule has 1 aliphatic carbocycles.